The molecule has 148 valence electrons. The van der Waals surface area contributed by atoms with Crippen LogP contribution in [0.15, 0.2) is 53.8 Å². The van der Waals surface area contributed by atoms with Crippen LogP contribution in [-0.2, 0) is 0 Å². The zero-order chi connectivity index (χ0) is 20.4. The highest BCUT2D eigenvalue weighted by Gasteiger charge is 2.29. The van der Waals surface area contributed by atoms with Crippen LogP contribution in [0.4, 0.5) is 20.7 Å². The van der Waals surface area contributed by atoms with Crippen LogP contribution in [0.25, 0.3) is 5.57 Å². The number of aliphatic imine (C=N–C) groups is 1. The predicted octanol–water partition coefficient (Wildman–Crippen LogP) is 2.71. The van der Waals surface area contributed by atoms with E-state index in [0.717, 1.165) is 17.6 Å². The first-order valence-electron chi connectivity index (χ1n) is 9.21. The number of benzene rings is 1. The summed E-state index contributed by atoms with van der Waals surface area (Å²) in [4.78, 5) is 26.4. The number of anilines is 2. The third-order valence-electron chi connectivity index (χ3n) is 4.62. The van der Waals surface area contributed by atoms with Gasteiger partial charge in [0.1, 0.15) is 5.84 Å². The van der Waals surface area contributed by atoms with Crippen LogP contribution >= 0.6 is 0 Å². The molecule has 2 aliphatic heterocycles. The number of rotatable bonds is 4. The van der Waals surface area contributed by atoms with Gasteiger partial charge in [-0.2, -0.15) is 0 Å². The van der Waals surface area contributed by atoms with Gasteiger partial charge in [0.05, 0.1) is 18.8 Å². The highest BCUT2D eigenvalue weighted by Crippen LogP contribution is 2.32. The second-order valence-corrected chi connectivity index (χ2v) is 6.57. The molecule has 0 spiro atoms. The minimum Gasteiger partial charge on any atom is -0.381 e. The summed E-state index contributed by atoms with van der Waals surface area (Å²) in [6.45, 7) is 2.99. The van der Waals surface area contributed by atoms with Crippen molar-refractivity contribution in [3.63, 3.8) is 0 Å². The number of urea groups is 1. The third-order valence-corrected chi connectivity index (χ3v) is 4.62. The second kappa shape index (κ2) is 7.70. The first-order chi connectivity index (χ1) is 14.0. The zero-order valence-corrected chi connectivity index (χ0v) is 15.8. The van der Waals surface area contributed by atoms with Crippen molar-refractivity contribution in [2.45, 2.75) is 13.0 Å². The maximum atomic E-state index is 13.3. The molecule has 1 atom stereocenters. The molecule has 1 unspecified atom stereocenters. The molecule has 0 bridgehead atoms. The number of carbonyl (C=O) groups is 1. The Morgan fingerprint density at radius 3 is 3.07 bits per heavy atom. The van der Waals surface area contributed by atoms with Crippen LogP contribution in [0.1, 0.15) is 24.4 Å². The minimum absolute atomic E-state index is 0.00856. The van der Waals surface area contributed by atoms with Crippen LogP contribution in [-0.4, -0.2) is 39.8 Å². The van der Waals surface area contributed by atoms with Crippen molar-refractivity contribution < 1.29 is 9.18 Å². The molecule has 8 nitrogen and oxygen atoms in total. The lowest BCUT2D eigenvalue weighted by Crippen LogP contribution is -2.28. The Balaban J connectivity index is 1.52. The molecule has 0 saturated carbocycles. The number of halogens is 1. The molecule has 2 aliphatic rings. The summed E-state index contributed by atoms with van der Waals surface area (Å²) in [5.41, 5.74) is 8.00. The number of nitrogens with two attached hydrogens (primary N) is 1. The van der Waals surface area contributed by atoms with E-state index in [1.54, 1.807) is 0 Å². The molecule has 0 aliphatic carbocycles. The first-order valence-corrected chi connectivity index (χ1v) is 9.21. The van der Waals surface area contributed by atoms with Gasteiger partial charge in [-0.05, 0) is 36.8 Å². The van der Waals surface area contributed by atoms with Crippen LogP contribution in [0.2, 0.25) is 0 Å². The SMILES string of the molecule is CCNC(=O)Nc1cccc(C2CN=C3C=C(c4ncc(F)c(N)n4)C=CN32)c1. The fourth-order valence-corrected chi connectivity index (χ4v) is 3.24. The molecule has 2 aromatic rings. The number of nitrogens with zero attached hydrogens (tertiary/aromatic N) is 4. The quantitative estimate of drug-likeness (QED) is 0.740. The average molecular weight is 393 g/mol. The number of hydrogen-bond acceptors (Lipinski definition) is 6. The fraction of sp³-hybridized carbons (Fsp3) is 0.200. The van der Waals surface area contributed by atoms with Gasteiger partial charge >= 0.3 is 6.03 Å². The van der Waals surface area contributed by atoms with Crippen LogP contribution in [0, 0.1) is 5.82 Å². The first kappa shape index (κ1) is 18.6. The molecule has 29 heavy (non-hydrogen) atoms. The summed E-state index contributed by atoms with van der Waals surface area (Å²) in [5, 5.41) is 5.53. The Hall–Kier alpha value is -3.75. The normalized spacial score (nSPS) is 17.4. The number of nitrogen functional groups attached to an aromatic ring is 1. The van der Waals surface area contributed by atoms with E-state index in [1.165, 1.54) is 0 Å². The Labute approximate surface area is 167 Å². The van der Waals surface area contributed by atoms with Gasteiger partial charge in [0.25, 0.3) is 0 Å². The number of amidine groups is 1. The predicted molar refractivity (Wildman–Crippen MR) is 110 cm³/mol. The summed E-state index contributed by atoms with van der Waals surface area (Å²) in [6, 6.07) is 7.46. The Kier molecular flexibility index (Phi) is 4.94. The standard InChI is InChI=1S/C20H20FN7O/c1-2-23-20(29)26-14-5-3-4-12(8-14)16-11-24-17-9-13(6-7-28(16)17)19-25-10-15(21)18(22)27-19/h3-10,16H,2,11H2,1H3,(H2,22,25,27)(H2,23,26,29). The van der Waals surface area contributed by atoms with E-state index in [4.69, 9.17) is 5.73 Å². The van der Waals surface area contributed by atoms with E-state index in [-0.39, 0.29) is 17.9 Å². The highest BCUT2D eigenvalue weighted by molar-refractivity contribution is 6.04. The summed E-state index contributed by atoms with van der Waals surface area (Å²) in [5.74, 6) is 0.282. The van der Waals surface area contributed by atoms with Crippen molar-refractivity contribution in [3.05, 3.63) is 66.0 Å². The topological polar surface area (TPSA) is 109 Å². The molecule has 9 heteroatoms. The lowest BCUT2D eigenvalue weighted by atomic mass is 10.0. The molecule has 4 rings (SSSR count). The van der Waals surface area contributed by atoms with E-state index in [2.05, 4.69) is 25.6 Å². The van der Waals surface area contributed by atoms with Gasteiger partial charge < -0.3 is 21.3 Å². The van der Waals surface area contributed by atoms with Crippen LogP contribution in [0.5, 0.6) is 0 Å². The number of hydrogen-bond donors (Lipinski definition) is 3. The largest absolute Gasteiger partial charge is 0.381 e. The molecule has 0 fully saturated rings. The van der Waals surface area contributed by atoms with E-state index in [9.17, 15) is 9.18 Å². The number of aromatic nitrogens is 2. The smallest absolute Gasteiger partial charge is 0.319 e. The highest BCUT2D eigenvalue weighted by atomic mass is 19.1. The zero-order valence-electron chi connectivity index (χ0n) is 15.8. The molecular formula is C20H20FN7O. The molecule has 0 saturated heterocycles. The lowest BCUT2D eigenvalue weighted by Gasteiger charge is -2.26. The molecule has 2 amide bonds. The van der Waals surface area contributed by atoms with Crippen molar-refractivity contribution in [2.75, 3.05) is 24.1 Å². The third kappa shape index (κ3) is 3.79. The molecule has 1 aromatic carbocycles. The summed E-state index contributed by atoms with van der Waals surface area (Å²) in [6.07, 6.45) is 6.66. The van der Waals surface area contributed by atoms with E-state index >= 15 is 0 Å². The number of carbonyl (C=O) groups excluding carboxylic acids is 1. The van der Waals surface area contributed by atoms with E-state index in [0.29, 0.717) is 30.2 Å². The van der Waals surface area contributed by atoms with Crippen LogP contribution in [0.3, 0.4) is 0 Å². The van der Waals surface area contributed by atoms with Gasteiger partial charge in [0, 0.05) is 24.0 Å². The molecular weight excluding hydrogens is 373 g/mol. The Bertz CT molecular complexity index is 1050. The average Bonchev–Trinajstić information content (AvgIpc) is 3.13. The molecule has 1 aromatic heterocycles. The lowest BCUT2D eigenvalue weighted by molar-refractivity contribution is 0.252. The summed E-state index contributed by atoms with van der Waals surface area (Å²) >= 11 is 0. The van der Waals surface area contributed by atoms with Gasteiger partial charge in [0.15, 0.2) is 17.5 Å². The van der Waals surface area contributed by atoms with Gasteiger partial charge in [0.2, 0.25) is 0 Å². The van der Waals surface area contributed by atoms with Crippen molar-refractivity contribution >= 4 is 28.9 Å². The minimum atomic E-state index is -0.643. The van der Waals surface area contributed by atoms with Crippen molar-refractivity contribution in [1.29, 1.82) is 0 Å². The Morgan fingerprint density at radius 1 is 1.41 bits per heavy atom. The van der Waals surface area contributed by atoms with Gasteiger partial charge in [-0.3, -0.25) is 4.99 Å². The van der Waals surface area contributed by atoms with Gasteiger partial charge in [-0.15, -0.1) is 0 Å². The van der Waals surface area contributed by atoms with Crippen LogP contribution < -0.4 is 16.4 Å². The van der Waals surface area contributed by atoms with E-state index < -0.39 is 5.82 Å². The van der Waals surface area contributed by atoms with E-state index in [1.807, 2.05) is 54.4 Å². The molecule has 4 N–H and O–H groups in total. The summed E-state index contributed by atoms with van der Waals surface area (Å²) in [7, 11) is 0. The Morgan fingerprint density at radius 2 is 2.28 bits per heavy atom. The monoisotopic (exact) mass is 393 g/mol. The molecule has 3 heterocycles. The number of allylic oxidation sites excluding steroid dienone is 2. The number of amides is 2. The van der Waals surface area contributed by atoms with Crippen molar-refractivity contribution in [3.8, 4) is 0 Å². The number of fused-ring (bicyclic) bond motifs is 1. The fourth-order valence-electron chi connectivity index (χ4n) is 3.24. The second-order valence-electron chi connectivity index (χ2n) is 6.57. The molecule has 0 radical (unpaired) electrons. The van der Waals surface area contributed by atoms with Gasteiger partial charge in [-0.25, -0.2) is 19.2 Å². The van der Waals surface area contributed by atoms with Crippen molar-refractivity contribution in [1.82, 2.24) is 20.2 Å². The maximum Gasteiger partial charge on any atom is 0.319 e. The number of nitrogens with one attached hydrogen (secondary N) is 2. The van der Waals surface area contributed by atoms with Gasteiger partial charge in [-0.1, -0.05) is 12.1 Å². The summed E-state index contributed by atoms with van der Waals surface area (Å²) < 4.78 is 13.3. The van der Waals surface area contributed by atoms with Crippen molar-refractivity contribution in [2.24, 2.45) is 4.99 Å². The maximum absolute atomic E-state index is 13.3.